The Morgan fingerprint density at radius 1 is 1.15 bits per heavy atom. The Balaban J connectivity index is 1.82. The lowest BCUT2D eigenvalue weighted by molar-refractivity contribution is -0.123. The van der Waals surface area contributed by atoms with Gasteiger partial charge in [-0.25, -0.2) is 4.39 Å². The van der Waals surface area contributed by atoms with Crippen molar-refractivity contribution in [3.05, 3.63) is 87.1 Å². The fourth-order valence-corrected chi connectivity index (χ4v) is 3.65. The maximum Gasteiger partial charge on any atom is 0.293 e. The number of nitrogens with zero attached hydrogens (tertiary/aromatic N) is 1. The molecule has 132 valence electrons. The highest BCUT2D eigenvalue weighted by atomic mass is 35.5. The fraction of sp³-hybridized carbons (Fsp3) is 0.100. The van der Waals surface area contributed by atoms with Crippen LogP contribution in [0.1, 0.15) is 18.1 Å². The SMILES string of the molecule is CC(/C=C1\SC(=O)N(Cc2c(F)cccc2Cl)C1=O)=C\c1ccccc1. The summed E-state index contributed by atoms with van der Waals surface area (Å²) < 4.78 is 13.9. The van der Waals surface area contributed by atoms with Crippen molar-refractivity contribution in [2.75, 3.05) is 0 Å². The van der Waals surface area contributed by atoms with E-state index in [0.717, 1.165) is 27.8 Å². The Kier molecular flexibility index (Phi) is 5.59. The first-order valence-corrected chi connectivity index (χ1v) is 9.07. The zero-order valence-corrected chi connectivity index (χ0v) is 15.5. The third kappa shape index (κ3) is 4.06. The maximum atomic E-state index is 13.9. The van der Waals surface area contributed by atoms with E-state index in [2.05, 4.69) is 0 Å². The average molecular weight is 388 g/mol. The third-order valence-electron chi connectivity index (χ3n) is 3.80. The minimum atomic E-state index is -0.541. The summed E-state index contributed by atoms with van der Waals surface area (Å²) in [5.74, 6) is -0.985. The van der Waals surface area contributed by atoms with Gasteiger partial charge in [0.2, 0.25) is 0 Å². The standard InChI is InChI=1S/C20H15ClFNO2S/c1-13(10-14-6-3-2-4-7-14)11-18-19(24)23(20(25)26-18)12-15-16(21)8-5-9-17(15)22/h2-11H,12H2,1H3/b13-10+,18-11-. The normalized spacial score (nSPS) is 16.7. The predicted octanol–water partition coefficient (Wildman–Crippen LogP) is 5.66. The Morgan fingerprint density at radius 2 is 1.88 bits per heavy atom. The van der Waals surface area contributed by atoms with Gasteiger partial charge in [-0.2, -0.15) is 0 Å². The van der Waals surface area contributed by atoms with Gasteiger partial charge in [0, 0.05) is 10.6 Å². The molecule has 0 saturated carbocycles. The molecule has 6 heteroatoms. The van der Waals surface area contributed by atoms with E-state index in [1.165, 1.54) is 18.2 Å². The summed E-state index contributed by atoms with van der Waals surface area (Å²) in [7, 11) is 0. The molecular formula is C20H15ClFNO2S. The second-order valence-electron chi connectivity index (χ2n) is 5.77. The third-order valence-corrected chi connectivity index (χ3v) is 5.07. The molecule has 1 fully saturated rings. The summed E-state index contributed by atoms with van der Waals surface area (Å²) in [5, 5.41) is -0.249. The summed E-state index contributed by atoms with van der Waals surface area (Å²) in [5.41, 5.74) is 1.97. The molecule has 0 radical (unpaired) electrons. The largest absolute Gasteiger partial charge is 0.293 e. The van der Waals surface area contributed by atoms with Gasteiger partial charge in [-0.05, 0) is 48.0 Å². The molecule has 0 atom stereocenters. The van der Waals surface area contributed by atoms with E-state index in [0.29, 0.717) is 4.91 Å². The van der Waals surface area contributed by atoms with Crippen LogP contribution in [0.5, 0.6) is 0 Å². The molecule has 2 aromatic carbocycles. The van der Waals surface area contributed by atoms with Gasteiger partial charge in [-0.1, -0.05) is 54.1 Å². The second-order valence-corrected chi connectivity index (χ2v) is 7.17. The molecule has 1 saturated heterocycles. The topological polar surface area (TPSA) is 37.4 Å². The molecule has 0 spiro atoms. The van der Waals surface area contributed by atoms with Crippen LogP contribution in [0.25, 0.3) is 6.08 Å². The van der Waals surface area contributed by atoms with Crippen molar-refractivity contribution >= 4 is 40.6 Å². The number of hydrogen-bond donors (Lipinski definition) is 0. The van der Waals surface area contributed by atoms with Crippen LogP contribution in [0.15, 0.2) is 65.1 Å². The van der Waals surface area contributed by atoms with Gasteiger partial charge in [-0.3, -0.25) is 14.5 Å². The van der Waals surface area contributed by atoms with Crippen molar-refractivity contribution in [1.29, 1.82) is 0 Å². The van der Waals surface area contributed by atoms with Crippen LogP contribution < -0.4 is 0 Å². The highest BCUT2D eigenvalue weighted by Crippen LogP contribution is 2.34. The number of thioether (sulfide) groups is 1. The number of carbonyl (C=O) groups excluding carboxylic acids is 2. The van der Waals surface area contributed by atoms with Crippen molar-refractivity contribution in [3.63, 3.8) is 0 Å². The van der Waals surface area contributed by atoms with E-state index >= 15 is 0 Å². The van der Waals surface area contributed by atoms with E-state index in [4.69, 9.17) is 11.6 Å². The fourth-order valence-electron chi connectivity index (χ4n) is 2.54. The van der Waals surface area contributed by atoms with E-state index < -0.39 is 17.0 Å². The first-order chi connectivity index (χ1) is 12.5. The first-order valence-electron chi connectivity index (χ1n) is 7.87. The summed E-state index contributed by atoms with van der Waals surface area (Å²) in [6.45, 7) is 1.67. The Bertz CT molecular complexity index is 904. The minimum absolute atomic E-state index is 0.134. The highest BCUT2D eigenvalue weighted by molar-refractivity contribution is 8.18. The zero-order valence-electron chi connectivity index (χ0n) is 13.9. The van der Waals surface area contributed by atoms with E-state index in [-0.39, 0.29) is 17.1 Å². The van der Waals surface area contributed by atoms with Crippen molar-refractivity contribution in [2.24, 2.45) is 0 Å². The van der Waals surface area contributed by atoms with E-state index in [1.807, 2.05) is 43.3 Å². The number of hydrogen-bond acceptors (Lipinski definition) is 3. The Hall–Kier alpha value is -2.37. The summed E-state index contributed by atoms with van der Waals surface area (Å²) in [6, 6.07) is 13.9. The predicted molar refractivity (Wildman–Crippen MR) is 103 cm³/mol. The van der Waals surface area contributed by atoms with Crippen LogP contribution in [0, 0.1) is 5.82 Å². The summed E-state index contributed by atoms with van der Waals surface area (Å²) in [4.78, 5) is 26.1. The molecule has 2 aromatic rings. The lowest BCUT2D eigenvalue weighted by Crippen LogP contribution is -2.28. The van der Waals surface area contributed by atoms with Gasteiger partial charge >= 0.3 is 0 Å². The van der Waals surface area contributed by atoms with Crippen LogP contribution in [0.2, 0.25) is 5.02 Å². The Morgan fingerprint density at radius 3 is 2.58 bits per heavy atom. The number of amides is 2. The van der Waals surface area contributed by atoms with Gasteiger partial charge in [0.05, 0.1) is 11.4 Å². The van der Waals surface area contributed by atoms with Crippen LogP contribution in [-0.2, 0) is 11.3 Å². The lowest BCUT2D eigenvalue weighted by Gasteiger charge is -2.14. The second kappa shape index (κ2) is 7.89. The molecule has 1 heterocycles. The van der Waals surface area contributed by atoms with Gasteiger partial charge in [0.1, 0.15) is 5.82 Å². The van der Waals surface area contributed by atoms with Gasteiger partial charge < -0.3 is 0 Å². The molecule has 0 aromatic heterocycles. The molecule has 3 nitrogen and oxygen atoms in total. The molecule has 0 unspecified atom stereocenters. The first kappa shape index (κ1) is 18.4. The number of halogens is 2. The smallest absolute Gasteiger partial charge is 0.268 e. The van der Waals surface area contributed by atoms with Gasteiger partial charge in [-0.15, -0.1) is 0 Å². The molecule has 0 bridgehead atoms. The zero-order chi connectivity index (χ0) is 18.7. The molecule has 3 rings (SSSR count). The van der Waals surface area contributed by atoms with Crippen molar-refractivity contribution in [2.45, 2.75) is 13.5 Å². The number of imide groups is 1. The number of allylic oxidation sites excluding steroid dienone is 2. The highest BCUT2D eigenvalue weighted by Gasteiger charge is 2.35. The molecular weight excluding hydrogens is 373 g/mol. The lowest BCUT2D eigenvalue weighted by atomic mass is 10.1. The van der Waals surface area contributed by atoms with Crippen molar-refractivity contribution < 1.29 is 14.0 Å². The number of carbonyl (C=O) groups is 2. The van der Waals surface area contributed by atoms with Crippen molar-refractivity contribution in [3.8, 4) is 0 Å². The molecule has 0 N–H and O–H groups in total. The number of benzene rings is 2. The Labute approximate surface area is 160 Å². The maximum absolute atomic E-state index is 13.9. The van der Waals surface area contributed by atoms with Crippen LogP contribution >= 0.6 is 23.4 Å². The minimum Gasteiger partial charge on any atom is -0.268 e. The van der Waals surface area contributed by atoms with Gasteiger partial charge in [0.15, 0.2) is 0 Å². The van der Waals surface area contributed by atoms with Crippen LogP contribution in [-0.4, -0.2) is 16.0 Å². The molecule has 1 aliphatic rings. The van der Waals surface area contributed by atoms with Gasteiger partial charge in [0.25, 0.3) is 11.1 Å². The molecule has 1 aliphatic heterocycles. The molecule has 0 aliphatic carbocycles. The van der Waals surface area contributed by atoms with Crippen LogP contribution in [0.3, 0.4) is 0 Å². The van der Waals surface area contributed by atoms with E-state index in [9.17, 15) is 14.0 Å². The average Bonchev–Trinajstić information content (AvgIpc) is 2.86. The molecule has 2 amide bonds. The van der Waals surface area contributed by atoms with Crippen LogP contribution in [0.4, 0.5) is 9.18 Å². The number of rotatable bonds is 4. The summed E-state index contributed by atoms with van der Waals surface area (Å²) >= 11 is 6.84. The monoisotopic (exact) mass is 387 g/mol. The van der Waals surface area contributed by atoms with Crippen molar-refractivity contribution in [1.82, 2.24) is 4.90 Å². The quantitative estimate of drug-likeness (QED) is 0.635. The van der Waals surface area contributed by atoms with E-state index in [1.54, 1.807) is 6.08 Å². The molecule has 26 heavy (non-hydrogen) atoms. The summed E-state index contributed by atoms with van der Waals surface area (Å²) in [6.07, 6.45) is 3.59.